The molecule has 2 rings (SSSR count). The van der Waals surface area contributed by atoms with Gasteiger partial charge in [-0.2, -0.15) is 0 Å². The Hall–Kier alpha value is -1.79. The van der Waals surface area contributed by atoms with Crippen LogP contribution in [0.25, 0.3) is 0 Å². The molecule has 2 unspecified atom stereocenters. The second-order valence-corrected chi connectivity index (χ2v) is 5.17. The number of methoxy groups -OCH3 is 2. The number of hydrogen-bond acceptors (Lipinski definition) is 5. The smallest absolute Gasteiger partial charge is 0.238 e. The summed E-state index contributed by atoms with van der Waals surface area (Å²) in [5.74, 6) is 1.43. The summed E-state index contributed by atoms with van der Waals surface area (Å²) in [6, 6.07) is 5.77. The number of amides is 1. The quantitative estimate of drug-likeness (QED) is 0.727. The van der Waals surface area contributed by atoms with Crippen LogP contribution in [0.4, 0.5) is 0 Å². The summed E-state index contributed by atoms with van der Waals surface area (Å²) in [4.78, 5) is 12.1. The Morgan fingerprint density at radius 2 is 2.10 bits per heavy atom. The first-order chi connectivity index (χ1) is 10.1. The van der Waals surface area contributed by atoms with E-state index in [1.807, 2.05) is 18.2 Å². The van der Waals surface area contributed by atoms with Gasteiger partial charge in [0, 0.05) is 37.3 Å². The molecule has 0 radical (unpaired) electrons. The van der Waals surface area contributed by atoms with Gasteiger partial charge in [-0.1, -0.05) is 0 Å². The summed E-state index contributed by atoms with van der Waals surface area (Å²) >= 11 is 0. The molecule has 116 valence electrons. The van der Waals surface area contributed by atoms with E-state index in [2.05, 4.69) is 22.9 Å². The molecule has 0 aromatic heterocycles. The predicted molar refractivity (Wildman–Crippen MR) is 80.6 cm³/mol. The molecular formula is C15H23N3O3. The standard InChI is InChI=1S/C15H23N3O3/c1-10-7-17-13(9-16-10)15(19)18-8-11-4-5-12(20-2)6-14(11)21-3/h4-6,10,13,16-17H,7-9H2,1-3H3,(H,18,19). The number of carbonyl (C=O) groups excluding carboxylic acids is 1. The highest BCUT2D eigenvalue weighted by molar-refractivity contribution is 5.82. The van der Waals surface area contributed by atoms with E-state index in [4.69, 9.17) is 9.47 Å². The number of benzene rings is 1. The van der Waals surface area contributed by atoms with E-state index < -0.39 is 0 Å². The SMILES string of the molecule is COc1ccc(CNC(=O)C2CNC(C)CN2)c(OC)c1. The highest BCUT2D eigenvalue weighted by Crippen LogP contribution is 2.24. The van der Waals surface area contributed by atoms with E-state index in [0.717, 1.165) is 17.9 Å². The minimum Gasteiger partial charge on any atom is -0.497 e. The maximum Gasteiger partial charge on any atom is 0.238 e. The van der Waals surface area contributed by atoms with Crippen molar-refractivity contribution in [3.8, 4) is 11.5 Å². The fraction of sp³-hybridized carbons (Fsp3) is 0.533. The molecule has 1 aromatic carbocycles. The summed E-state index contributed by atoms with van der Waals surface area (Å²) in [6.45, 7) is 3.96. The van der Waals surface area contributed by atoms with Gasteiger partial charge in [-0.05, 0) is 19.1 Å². The molecule has 0 spiro atoms. The highest BCUT2D eigenvalue weighted by atomic mass is 16.5. The van der Waals surface area contributed by atoms with Gasteiger partial charge in [-0.25, -0.2) is 0 Å². The lowest BCUT2D eigenvalue weighted by Gasteiger charge is -2.28. The topological polar surface area (TPSA) is 71.6 Å². The molecule has 0 saturated carbocycles. The van der Waals surface area contributed by atoms with Crippen molar-refractivity contribution in [1.29, 1.82) is 0 Å². The maximum absolute atomic E-state index is 12.1. The number of ether oxygens (including phenoxy) is 2. The van der Waals surface area contributed by atoms with E-state index >= 15 is 0 Å². The molecule has 3 N–H and O–H groups in total. The lowest BCUT2D eigenvalue weighted by molar-refractivity contribution is -0.123. The molecule has 1 aliphatic heterocycles. The molecule has 1 aromatic rings. The Bertz CT molecular complexity index is 485. The third-order valence-electron chi connectivity index (χ3n) is 3.60. The van der Waals surface area contributed by atoms with Gasteiger partial charge in [0.15, 0.2) is 0 Å². The third kappa shape index (κ3) is 4.09. The van der Waals surface area contributed by atoms with Crippen molar-refractivity contribution in [2.24, 2.45) is 0 Å². The van der Waals surface area contributed by atoms with Crippen LogP contribution in [0.5, 0.6) is 11.5 Å². The Labute approximate surface area is 125 Å². The zero-order valence-electron chi connectivity index (χ0n) is 12.7. The predicted octanol–water partition coefficient (Wildman–Crippen LogP) is 0.270. The van der Waals surface area contributed by atoms with Crippen molar-refractivity contribution in [3.05, 3.63) is 23.8 Å². The van der Waals surface area contributed by atoms with E-state index in [0.29, 0.717) is 24.9 Å². The summed E-state index contributed by atoms with van der Waals surface area (Å²) in [5, 5.41) is 9.44. The number of hydrogen-bond donors (Lipinski definition) is 3. The van der Waals surface area contributed by atoms with E-state index in [1.165, 1.54) is 0 Å². The van der Waals surface area contributed by atoms with Crippen LogP contribution < -0.4 is 25.4 Å². The monoisotopic (exact) mass is 293 g/mol. The van der Waals surface area contributed by atoms with Gasteiger partial charge in [0.25, 0.3) is 0 Å². The summed E-state index contributed by atoms with van der Waals surface area (Å²) in [5.41, 5.74) is 0.920. The second kappa shape index (κ2) is 7.28. The van der Waals surface area contributed by atoms with Gasteiger partial charge in [-0.15, -0.1) is 0 Å². The van der Waals surface area contributed by atoms with E-state index in [9.17, 15) is 4.79 Å². The number of carbonyl (C=O) groups is 1. The van der Waals surface area contributed by atoms with Gasteiger partial charge in [0.1, 0.15) is 11.5 Å². The van der Waals surface area contributed by atoms with E-state index in [1.54, 1.807) is 14.2 Å². The molecule has 1 fully saturated rings. The van der Waals surface area contributed by atoms with Crippen molar-refractivity contribution >= 4 is 5.91 Å². The zero-order chi connectivity index (χ0) is 15.2. The van der Waals surface area contributed by atoms with Gasteiger partial charge < -0.3 is 25.4 Å². The number of rotatable bonds is 5. The summed E-state index contributed by atoms with van der Waals surface area (Å²) < 4.78 is 10.5. The lowest BCUT2D eigenvalue weighted by atomic mass is 10.1. The average molecular weight is 293 g/mol. The minimum atomic E-state index is -0.189. The second-order valence-electron chi connectivity index (χ2n) is 5.17. The van der Waals surface area contributed by atoms with Crippen LogP contribution in [-0.4, -0.2) is 45.3 Å². The first-order valence-electron chi connectivity index (χ1n) is 7.09. The molecular weight excluding hydrogens is 270 g/mol. The van der Waals surface area contributed by atoms with Crippen LogP contribution >= 0.6 is 0 Å². The average Bonchev–Trinajstić information content (AvgIpc) is 2.53. The largest absolute Gasteiger partial charge is 0.497 e. The maximum atomic E-state index is 12.1. The van der Waals surface area contributed by atoms with Gasteiger partial charge in [-0.3, -0.25) is 4.79 Å². The molecule has 1 aliphatic rings. The molecule has 21 heavy (non-hydrogen) atoms. The number of nitrogens with one attached hydrogen (secondary N) is 3. The Morgan fingerprint density at radius 3 is 2.71 bits per heavy atom. The van der Waals surface area contributed by atoms with Crippen LogP contribution in [-0.2, 0) is 11.3 Å². The molecule has 0 bridgehead atoms. The fourth-order valence-corrected chi connectivity index (χ4v) is 2.27. The Kier molecular flexibility index (Phi) is 5.41. The Balaban J connectivity index is 1.91. The minimum absolute atomic E-state index is 0.00716. The van der Waals surface area contributed by atoms with Gasteiger partial charge >= 0.3 is 0 Å². The lowest BCUT2D eigenvalue weighted by Crippen LogP contribution is -2.58. The van der Waals surface area contributed by atoms with Crippen molar-refractivity contribution in [1.82, 2.24) is 16.0 Å². The van der Waals surface area contributed by atoms with Crippen LogP contribution in [0.2, 0.25) is 0 Å². The summed E-state index contributed by atoms with van der Waals surface area (Å²) in [7, 11) is 3.22. The van der Waals surface area contributed by atoms with Gasteiger partial charge in [0.05, 0.1) is 20.3 Å². The van der Waals surface area contributed by atoms with Crippen LogP contribution in [0.1, 0.15) is 12.5 Å². The van der Waals surface area contributed by atoms with Crippen LogP contribution in [0.15, 0.2) is 18.2 Å². The van der Waals surface area contributed by atoms with Crippen molar-refractivity contribution in [2.45, 2.75) is 25.6 Å². The molecule has 6 nitrogen and oxygen atoms in total. The van der Waals surface area contributed by atoms with Crippen LogP contribution in [0.3, 0.4) is 0 Å². The molecule has 1 saturated heterocycles. The summed E-state index contributed by atoms with van der Waals surface area (Å²) in [6.07, 6.45) is 0. The van der Waals surface area contributed by atoms with E-state index in [-0.39, 0.29) is 11.9 Å². The third-order valence-corrected chi connectivity index (χ3v) is 3.60. The molecule has 6 heteroatoms. The van der Waals surface area contributed by atoms with Crippen molar-refractivity contribution in [3.63, 3.8) is 0 Å². The van der Waals surface area contributed by atoms with Crippen LogP contribution in [0, 0.1) is 0 Å². The first-order valence-corrected chi connectivity index (χ1v) is 7.09. The van der Waals surface area contributed by atoms with Crippen molar-refractivity contribution < 1.29 is 14.3 Å². The highest BCUT2D eigenvalue weighted by Gasteiger charge is 2.23. The molecule has 2 atom stereocenters. The zero-order valence-corrected chi connectivity index (χ0v) is 12.7. The molecule has 1 amide bonds. The van der Waals surface area contributed by atoms with Crippen molar-refractivity contribution in [2.75, 3.05) is 27.3 Å². The Morgan fingerprint density at radius 1 is 1.29 bits per heavy atom. The van der Waals surface area contributed by atoms with Gasteiger partial charge in [0.2, 0.25) is 5.91 Å². The molecule has 0 aliphatic carbocycles. The normalized spacial score (nSPS) is 21.7. The fourth-order valence-electron chi connectivity index (χ4n) is 2.27. The molecule has 1 heterocycles. The first kappa shape index (κ1) is 15.6. The number of piperazine rings is 1.